The smallest absolute Gasteiger partial charge is 0.435 e. The molecule has 0 aromatic heterocycles. The molecule has 6 rings (SSSR count). The number of rotatable bonds is 38. The molecule has 119 heavy (non-hydrogen) atoms. The molecule has 0 heterocycles. The Morgan fingerprint density at radius 3 is 0.975 bits per heavy atom. The number of anilines is 2. The third-order valence-electron chi connectivity index (χ3n) is 15.8. The quantitative estimate of drug-likeness (QED) is 0.00907. The van der Waals surface area contributed by atoms with Crippen molar-refractivity contribution in [1.82, 2.24) is 17.2 Å². The summed E-state index contributed by atoms with van der Waals surface area (Å²) < 4.78 is 125. The molecule has 35 heteroatoms. The molecule has 0 fully saturated rings. The third-order valence-corrected chi connectivity index (χ3v) is 19.5. The zero-order valence-corrected chi connectivity index (χ0v) is 71.4. The Balaban J connectivity index is 1.16. The van der Waals surface area contributed by atoms with Crippen LogP contribution in [0.25, 0.3) is 0 Å². The van der Waals surface area contributed by atoms with E-state index in [2.05, 4.69) is 20.6 Å². The lowest BCUT2D eigenvalue weighted by Gasteiger charge is -2.34. The van der Waals surface area contributed by atoms with E-state index in [4.69, 9.17) is 52.1 Å². The van der Waals surface area contributed by atoms with Crippen LogP contribution in [0.5, 0.6) is 11.5 Å². The zero-order chi connectivity index (χ0) is 88.1. The monoisotopic (exact) mass is 1690 g/mol. The Labute approximate surface area is 694 Å². The van der Waals surface area contributed by atoms with E-state index in [1.807, 2.05) is 0 Å². The highest BCUT2D eigenvalue weighted by atomic mass is 32.2. The van der Waals surface area contributed by atoms with Crippen molar-refractivity contribution in [2.24, 2.45) is 9.98 Å². The third kappa shape index (κ3) is 34.3. The van der Waals surface area contributed by atoms with Crippen molar-refractivity contribution in [2.45, 2.75) is 184 Å². The van der Waals surface area contributed by atoms with E-state index in [0.29, 0.717) is 39.7 Å². The summed E-state index contributed by atoms with van der Waals surface area (Å²) in [6, 6.07) is 36.2. The van der Waals surface area contributed by atoms with Gasteiger partial charge in [-0.05, 0) is 206 Å². The lowest BCUT2D eigenvalue weighted by Crippen LogP contribution is -2.55. The van der Waals surface area contributed by atoms with Gasteiger partial charge in [-0.2, -0.15) is 44.0 Å². The van der Waals surface area contributed by atoms with Gasteiger partial charge in [-0.3, -0.25) is 19.2 Å². The minimum Gasteiger partial charge on any atom is -0.459 e. The van der Waals surface area contributed by atoms with E-state index >= 15 is 16.8 Å². The first-order valence-electron chi connectivity index (χ1n) is 37.9. The standard InChI is InChI=1S/C84H106N8O25S2/c1-57(93)51-71(75(97)114-81(5,6)7)89(118(103,104)91(79(101)110-55-63-23-19-17-20-24-63)53-61-27-39-69(40-28-61)112-73(95)65-31-35-67(36-32-65)85-59(3)87-77(99)116-83(11,12)13)43-45-107-47-49-109-50-48-108-46-44-90(72(52-58(2)94)76(98)115-82(8,9)10)119(105,106)92(80(102)111-56-64-25-21-18-22-26-64)54-62-29-41-70(42-30-62)113-74(96)66-33-37-68(38-34-66)86-60(4)88-78(100)117-84(14,15)16/h17-42,71-72H,43-56H2,1-16H3,(H,85,87,99)(H,86,88,100)/t71-,72-/m0/s1. The number of nitrogens with one attached hydrogen (secondary N) is 2. The van der Waals surface area contributed by atoms with Gasteiger partial charge in [0.1, 0.15) is 82.4 Å². The molecule has 0 unspecified atom stereocenters. The molecule has 0 spiro atoms. The molecule has 6 aromatic carbocycles. The molecule has 644 valence electrons. The number of amides is 4. The summed E-state index contributed by atoms with van der Waals surface area (Å²) in [5.41, 5.74) is -1.32. The summed E-state index contributed by atoms with van der Waals surface area (Å²) in [7, 11) is -10.5. The highest BCUT2D eigenvalue weighted by molar-refractivity contribution is 7.87. The number of hydrogen-bond acceptors (Lipinski definition) is 25. The number of aliphatic imine (C=N–C) groups is 2. The first-order valence-corrected chi connectivity index (χ1v) is 40.6. The molecule has 0 radical (unpaired) electrons. The molecule has 33 nitrogen and oxygen atoms in total. The maximum Gasteiger partial charge on any atom is 0.435 e. The maximum absolute atomic E-state index is 15.4. The van der Waals surface area contributed by atoms with Crippen molar-refractivity contribution in [3.63, 3.8) is 0 Å². The van der Waals surface area contributed by atoms with Crippen LogP contribution in [0.4, 0.5) is 30.6 Å². The fourth-order valence-electron chi connectivity index (χ4n) is 10.6. The molecule has 0 aliphatic carbocycles. The van der Waals surface area contributed by atoms with Gasteiger partial charge in [0.05, 0.1) is 63.9 Å². The number of benzene rings is 6. The van der Waals surface area contributed by atoms with Crippen molar-refractivity contribution in [2.75, 3.05) is 63.4 Å². The predicted molar refractivity (Wildman–Crippen MR) is 440 cm³/mol. The molecule has 2 atom stereocenters. The Bertz CT molecular complexity index is 4440. The molecule has 0 aliphatic rings. The molecule has 6 aromatic rings. The number of ketones is 2. The second kappa shape index (κ2) is 44.5. The number of Topliss-reactive ketones (excluding diaryl/α,β-unsaturated/α-hetero) is 2. The Hall–Kier alpha value is -11.3. The molecule has 4 amide bonds. The topological polar surface area (TPSA) is 402 Å². The van der Waals surface area contributed by atoms with Gasteiger partial charge in [0.25, 0.3) is 0 Å². The average Bonchev–Trinajstić information content (AvgIpc) is 0.783. The second-order valence-electron chi connectivity index (χ2n) is 30.9. The predicted octanol–water partition coefficient (Wildman–Crippen LogP) is 13.2. The van der Waals surface area contributed by atoms with Crippen LogP contribution in [-0.4, -0.2) is 193 Å². The van der Waals surface area contributed by atoms with Crippen molar-refractivity contribution >= 4 is 103 Å². The highest BCUT2D eigenvalue weighted by Gasteiger charge is 2.46. The average molecular weight is 1690 g/mol. The summed E-state index contributed by atoms with van der Waals surface area (Å²) in [5.74, 6) is -4.52. The number of nitrogens with zero attached hydrogens (tertiary/aromatic N) is 6. The first kappa shape index (κ1) is 96.5. The van der Waals surface area contributed by atoms with Gasteiger partial charge in [0, 0.05) is 37.3 Å². The van der Waals surface area contributed by atoms with Gasteiger partial charge >= 0.3 is 68.7 Å². The number of ether oxygens (including phenoxy) is 11. The summed E-state index contributed by atoms with van der Waals surface area (Å²) in [5, 5.41) is 5.89. The van der Waals surface area contributed by atoms with Crippen LogP contribution in [0, 0.1) is 0 Å². The Kier molecular flexibility index (Phi) is 36.1. The SMILES string of the molecule is CC(=O)C[C@@H](C(=O)OC(C)(C)C)N(CCOCCOCCOCCN([C@@H](CC(C)=O)C(=O)OC(C)(C)C)S(=O)(=O)N(Cc1ccc(OC(=O)c2ccc(NC(C)=NC(=O)OC(C)(C)C)cc2)cc1)C(=O)OCc1ccccc1)S(=O)(=O)N(Cc1ccc(OC(=O)c2ccc(NC(C)=NC(=O)OC(C)(C)C)cc2)cc1)C(=O)OCc1ccccc1. The minimum atomic E-state index is -5.25. The van der Waals surface area contributed by atoms with Gasteiger partial charge in [0.2, 0.25) is 0 Å². The van der Waals surface area contributed by atoms with E-state index in [1.54, 1.807) is 140 Å². The van der Waals surface area contributed by atoms with Crippen LogP contribution in [0.15, 0.2) is 168 Å². The number of esters is 4. The molecular formula is C84H106N8O25S2. The second-order valence-corrected chi connectivity index (χ2v) is 34.5. The highest BCUT2D eigenvalue weighted by Crippen LogP contribution is 2.28. The largest absolute Gasteiger partial charge is 0.459 e. The summed E-state index contributed by atoms with van der Waals surface area (Å²) >= 11 is 0. The summed E-state index contributed by atoms with van der Waals surface area (Å²) in [6.07, 6.45) is -5.76. The fourth-order valence-corrected chi connectivity index (χ4v) is 13.8. The van der Waals surface area contributed by atoms with Crippen molar-refractivity contribution in [1.29, 1.82) is 0 Å². The Morgan fingerprint density at radius 2 is 0.681 bits per heavy atom. The van der Waals surface area contributed by atoms with Crippen molar-refractivity contribution < 1.29 is 117 Å². The van der Waals surface area contributed by atoms with Crippen LogP contribution >= 0.6 is 0 Å². The van der Waals surface area contributed by atoms with Gasteiger partial charge < -0.3 is 62.7 Å². The van der Waals surface area contributed by atoms with Crippen LogP contribution in [0.3, 0.4) is 0 Å². The first-order chi connectivity index (χ1) is 55.7. The van der Waals surface area contributed by atoms with Crippen molar-refractivity contribution in [3.8, 4) is 11.5 Å². The normalized spacial score (nSPS) is 12.8. The van der Waals surface area contributed by atoms with Gasteiger partial charge in [-0.15, -0.1) is 0 Å². The van der Waals surface area contributed by atoms with E-state index < -0.39 is 180 Å². The molecular weight excluding hydrogens is 1590 g/mol. The number of amidine groups is 2. The Morgan fingerprint density at radius 1 is 0.378 bits per heavy atom. The lowest BCUT2D eigenvalue weighted by atomic mass is 10.1. The number of carbonyl (C=O) groups is 10. The number of carbonyl (C=O) groups excluding carboxylic acids is 10. The number of hydrogen-bond donors (Lipinski definition) is 2. The van der Waals surface area contributed by atoms with E-state index in [1.165, 1.54) is 114 Å². The van der Waals surface area contributed by atoms with Gasteiger partial charge in [-0.25, -0.2) is 28.8 Å². The van der Waals surface area contributed by atoms with Crippen LogP contribution in [0.2, 0.25) is 0 Å². The zero-order valence-electron chi connectivity index (χ0n) is 69.8. The minimum absolute atomic E-state index is 0.0293. The molecule has 2 N–H and O–H groups in total. The molecule has 0 aliphatic heterocycles. The molecule has 0 bridgehead atoms. The maximum atomic E-state index is 15.4. The summed E-state index contributed by atoms with van der Waals surface area (Å²) in [4.78, 5) is 142. The van der Waals surface area contributed by atoms with Crippen molar-refractivity contribution in [3.05, 3.63) is 191 Å². The fraction of sp³-hybridized carbons (Fsp3) is 0.429. The van der Waals surface area contributed by atoms with Crippen LogP contribution in [-0.2, 0) is 109 Å². The molecule has 0 saturated heterocycles. The van der Waals surface area contributed by atoms with E-state index in [-0.39, 0.29) is 71.9 Å². The van der Waals surface area contributed by atoms with Gasteiger partial charge in [0.15, 0.2) is 0 Å². The summed E-state index contributed by atoms with van der Waals surface area (Å²) in [6.45, 7) is 19.6. The molecule has 0 saturated carbocycles. The lowest BCUT2D eigenvalue weighted by molar-refractivity contribution is -0.161. The van der Waals surface area contributed by atoms with Crippen LogP contribution in [0.1, 0.15) is 167 Å². The van der Waals surface area contributed by atoms with E-state index in [0.717, 1.165) is 13.8 Å². The van der Waals surface area contributed by atoms with Crippen LogP contribution < -0.4 is 20.1 Å². The van der Waals surface area contributed by atoms with Gasteiger partial charge in [-0.1, -0.05) is 84.9 Å². The van der Waals surface area contributed by atoms with E-state index in [9.17, 15) is 47.9 Å².